The molecular formula is C16H26N2O. The summed E-state index contributed by atoms with van der Waals surface area (Å²) < 4.78 is 5.46. The van der Waals surface area contributed by atoms with E-state index in [2.05, 4.69) is 41.5 Å². The van der Waals surface area contributed by atoms with E-state index in [9.17, 15) is 0 Å². The van der Waals surface area contributed by atoms with E-state index in [0.29, 0.717) is 6.04 Å². The normalized spacial score (nSPS) is 19.6. The topological polar surface area (TPSA) is 24.5 Å². The molecule has 3 nitrogen and oxygen atoms in total. The lowest BCUT2D eigenvalue weighted by Gasteiger charge is -2.28. The first kappa shape index (κ1) is 14.4. The summed E-state index contributed by atoms with van der Waals surface area (Å²) in [5.74, 6) is 0.961. The molecule has 0 amide bonds. The van der Waals surface area contributed by atoms with Crippen LogP contribution in [0.25, 0.3) is 0 Å². The van der Waals surface area contributed by atoms with Crippen molar-refractivity contribution in [1.82, 2.24) is 10.2 Å². The van der Waals surface area contributed by atoms with Crippen LogP contribution < -0.4 is 10.1 Å². The zero-order chi connectivity index (χ0) is 13.5. The largest absolute Gasteiger partial charge is 0.494 e. The standard InChI is InChI=1S/C16H26N2O/c1-3-19-16-9-7-14(8-10-16)12-18(2)13-15-6-4-5-11-17-15/h7-10,15,17H,3-6,11-13H2,1-2H3. The Balaban J connectivity index is 1.78. The second-order valence-corrected chi connectivity index (χ2v) is 5.42. The van der Waals surface area contributed by atoms with Gasteiger partial charge in [0.2, 0.25) is 0 Å². The molecule has 1 atom stereocenters. The van der Waals surface area contributed by atoms with Crippen LogP contribution in [0.2, 0.25) is 0 Å². The van der Waals surface area contributed by atoms with Crippen LogP contribution in [0.3, 0.4) is 0 Å². The lowest BCUT2D eigenvalue weighted by Crippen LogP contribution is -2.42. The predicted molar refractivity (Wildman–Crippen MR) is 79.6 cm³/mol. The quantitative estimate of drug-likeness (QED) is 0.853. The SMILES string of the molecule is CCOc1ccc(CN(C)CC2CCCCN2)cc1. The van der Waals surface area contributed by atoms with Crippen LogP contribution in [-0.2, 0) is 6.54 Å². The Bertz CT molecular complexity index is 358. The van der Waals surface area contributed by atoms with Crippen molar-refractivity contribution in [3.8, 4) is 5.75 Å². The van der Waals surface area contributed by atoms with Gasteiger partial charge in [-0.2, -0.15) is 0 Å². The molecule has 1 saturated heterocycles. The van der Waals surface area contributed by atoms with Crippen LogP contribution in [0.4, 0.5) is 0 Å². The third kappa shape index (κ3) is 4.84. The number of nitrogens with zero attached hydrogens (tertiary/aromatic N) is 1. The number of likely N-dealkylation sites (N-methyl/N-ethyl adjacent to an activating group) is 1. The molecule has 0 bridgehead atoms. The number of piperidine rings is 1. The van der Waals surface area contributed by atoms with Gasteiger partial charge in [-0.05, 0) is 51.1 Å². The maximum absolute atomic E-state index is 5.46. The number of ether oxygens (including phenoxy) is 1. The fraction of sp³-hybridized carbons (Fsp3) is 0.625. The number of hydrogen-bond acceptors (Lipinski definition) is 3. The summed E-state index contributed by atoms with van der Waals surface area (Å²) in [5.41, 5.74) is 1.35. The summed E-state index contributed by atoms with van der Waals surface area (Å²) in [5, 5.41) is 3.60. The van der Waals surface area contributed by atoms with Gasteiger partial charge in [0.05, 0.1) is 6.61 Å². The first-order valence-electron chi connectivity index (χ1n) is 7.41. The molecular weight excluding hydrogens is 236 g/mol. The van der Waals surface area contributed by atoms with Crippen molar-refractivity contribution >= 4 is 0 Å². The van der Waals surface area contributed by atoms with Gasteiger partial charge in [0.25, 0.3) is 0 Å². The fourth-order valence-electron chi connectivity index (χ4n) is 2.69. The highest BCUT2D eigenvalue weighted by atomic mass is 16.5. The van der Waals surface area contributed by atoms with Gasteiger partial charge >= 0.3 is 0 Å². The highest BCUT2D eigenvalue weighted by molar-refractivity contribution is 5.27. The van der Waals surface area contributed by atoms with Crippen molar-refractivity contribution in [3.05, 3.63) is 29.8 Å². The maximum atomic E-state index is 5.46. The first-order chi connectivity index (χ1) is 9.28. The highest BCUT2D eigenvalue weighted by Crippen LogP contribution is 2.14. The van der Waals surface area contributed by atoms with Gasteiger partial charge in [-0.3, -0.25) is 0 Å². The smallest absolute Gasteiger partial charge is 0.119 e. The van der Waals surface area contributed by atoms with Gasteiger partial charge in [0.1, 0.15) is 5.75 Å². The molecule has 19 heavy (non-hydrogen) atoms. The van der Waals surface area contributed by atoms with E-state index in [-0.39, 0.29) is 0 Å². The van der Waals surface area contributed by atoms with Crippen LogP contribution in [-0.4, -0.2) is 37.7 Å². The van der Waals surface area contributed by atoms with Crippen LogP contribution in [0.15, 0.2) is 24.3 Å². The second-order valence-electron chi connectivity index (χ2n) is 5.42. The average molecular weight is 262 g/mol. The number of rotatable bonds is 6. The lowest BCUT2D eigenvalue weighted by atomic mass is 10.0. The first-order valence-corrected chi connectivity index (χ1v) is 7.41. The Morgan fingerprint density at radius 3 is 2.68 bits per heavy atom. The minimum absolute atomic E-state index is 0.668. The zero-order valence-electron chi connectivity index (χ0n) is 12.2. The van der Waals surface area contributed by atoms with Crippen molar-refractivity contribution in [3.63, 3.8) is 0 Å². The third-order valence-corrected chi connectivity index (χ3v) is 3.63. The van der Waals surface area contributed by atoms with Gasteiger partial charge in [-0.15, -0.1) is 0 Å². The molecule has 0 aromatic heterocycles. The lowest BCUT2D eigenvalue weighted by molar-refractivity contribution is 0.256. The van der Waals surface area contributed by atoms with Crippen LogP contribution in [0.1, 0.15) is 31.7 Å². The minimum Gasteiger partial charge on any atom is -0.494 e. The maximum Gasteiger partial charge on any atom is 0.119 e. The predicted octanol–water partition coefficient (Wildman–Crippen LogP) is 2.66. The molecule has 0 saturated carbocycles. The molecule has 1 aliphatic heterocycles. The fourth-order valence-corrected chi connectivity index (χ4v) is 2.69. The highest BCUT2D eigenvalue weighted by Gasteiger charge is 2.14. The molecule has 3 heteroatoms. The monoisotopic (exact) mass is 262 g/mol. The van der Waals surface area contributed by atoms with E-state index in [1.54, 1.807) is 0 Å². The molecule has 1 aliphatic rings. The molecule has 2 rings (SSSR count). The van der Waals surface area contributed by atoms with Gasteiger partial charge in [-0.25, -0.2) is 0 Å². The molecule has 0 aliphatic carbocycles. The van der Waals surface area contributed by atoms with Crippen LogP contribution in [0.5, 0.6) is 5.75 Å². The van der Waals surface area contributed by atoms with Crippen molar-refractivity contribution in [2.45, 2.75) is 38.8 Å². The Morgan fingerprint density at radius 1 is 1.26 bits per heavy atom. The summed E-state index contributed by atoms with van der Waals surface area (Å²) in [6.07, 6.45) is 4.02. The summed E-state index contributed by atoms with van der Waals surface area (Å²) in [4.78, 5) is 2.40. The van der Waals surface area contributed by atoms with Crippen molar-refractivity contribution in [2.75, 3.05) is 26.7 Å². The Hall–Kier alpha value is -1.06. The van der Waals surface area contributed by atoms with E-state index in [0.717, 1.165) is 25.4 Å². The molecule has 1 unspecified atom stereocenters. The van der Waals surface area contributed by atoms with Gasteiger partial charge in [-0.1, -0.05) is 18.6 Å². The Labute approximate surface area is 116 Å². The van der Waals surface area contributed by atoms with Crippen LogP contribution >= 0.6 is 0 Å². The van der Waals surface area contributed by atoms with Crippen LogP contribution in [0, 0.1) is 0 Å². The molecule has 1 N–H and O–H groups in total. The van der Waals surface area contributed by atoms with E-state index >= 15 is 0 Å². The zero-order valence-corrected chi connectivity index (χ0v) is 12.2. The molecule has 0 spiro atoms. The molecule has 1 aromatic carbocycles. The second kappa shape index (κ2) is 7.51. The summed E-state index contributed by atoms with van der Waals surface area (Å²) >= 11 is 0. The summed E-state index contributed by atoms with van der Waals surface area (Å²) in [6, 6.07) is 9.12. The van der Waals surface area contributed by atoms with Gasteiger partial charge < -0.3 is 15.0 Å². The minimum atomic E-state index is 0.668. The molecule has 0 radical (unpaired) electrons. The third-order valence-electron chi connectivity index (χ3n) is 3.63. The van der Waals surface area contributed by atoms with Crippen molar-refractivity contribution in [1.29, 1.82) is 0 Å². The van der Waals surface area contributed by atoms with Crippen molar-refractivity contribution < 1.29 is 4.74 Å². The van der Waals surface area contributed by atoms with E-state index < -0.39 is 0 Å². The molecule has 1 aromatic rings. The average Bonchev–Trinajstić information content (AvgIpc) is 2.42. The molecule has 106 valence electrons. The molecule has 1 fully saturated rings. The number of hydrogen-bond donors (Lipinski definition) is 1. The Kier molecular flexibility index (Phi) is 5.67. The van der Waals surface area contributed by atoms with Crippen molar-refractivity contribution in [2.24, 2.45) is 0 Å². The van der Waals surface area contributed by atoms with E-state index in [1.165, 1.54) is 31.4 Å². The number of benzene rings is 1. The van der Waals surface area contributed by atoms with E-state index in [4.69, 9.17) is 4.74 Å². The van der Waals surface area contributed by atoms with E-state index in [1.807, 2.05) is 6.92 Å². The summed E-state index contributed by atoms with van der Waals surface area (Å²) in [6.45, 7) is 6.06. The summed E-state index contributed by atoms with van der Waals surface area (Å²) in [7, 11) is 2.20. The van der Waals surface area contributed by atoms with Gasteiger partial charge in [0.15, 0.2) is 0 Å². The van der Waals surface area contributed by atoms with Gasteiger partial charge in [0, 0.05) is 19.1 Å². The number of nitrogens with one attached hydrogen (secondary N) is 1. The Morgan fingerprint density at radius 2 is 2.05 bits per heavy atom. The molecule has 1 heterocycles.